The van der Waals surface area contributed by atoms with Crippen molar-refractivity contribution < 1.29 is 14.2 Å². The second-order valence-electron chi connectivity index (χ2n) is 12.2. The highest BCUT2D eigenvalue weighted by atomic mass is 35.5. The van der Waals surface area contributed by atoms with Gasteiger partial charge in [0.25, 0.3) is 0 Å². The number of rotatable bonds is 10. The zero-order chi connectivity index (χ0) is 28.8. The number of hydrogen-bond donors (Lipinski definition) is 2. The average molecular weight is 570 g/mol. The summed E-state index contributed by atoms with van der Waals surface area (Å²) in [6.07, 6.45) is 2.58. The molecule has 5 rings (SSSR count). The molecule has 3 aliphatic rings. The second-order valence-corrected chi connectivity index (χ2v) is 12.6. The molecule has 0 radical (unpaired) electrons. The van der Waals surface area contributed by atoms with Crippen molar-refractivity contribution in [2.24, 2.45) is 5.41 Å². The summed E-state index contributed by atoms with van der Waals surface area (Å²) in [6, 6.07) is 5.90. The molecule has 9 heteroatoms. The highest BCUT2D eigenvalue weighted by Crippen LogP contribution is 2.52. The number of aliphatic hydroxyl groups is 1. The van der Waals surface area contributed by atoms with Gasteiger partial charge < -0.3 is 20.2 Å². The Balaban J connectivity index is 1.45. The number of hydrogen-bond acceptors (Lipinski definition) is 7. The van der Waals surface area contributed by atoms with Crippen LogP contribution in [0.5, 0.6) is 5.75 Å². The molecule has 1 aromatic heterocycles. The summed E-state index contributed by atoms with van der Waals surface area (Å²) < 4.78 is 19.2. The molecule has 1 aliphatic carbocycles. The summed E-state index contributed by atoms with van der Waals surface area (Å²) in [4.78, 5) is 14.6. The topological polar surface area (TPSA) is 85.6 Å². The standard InChI is InChI=1S/C31H41ClFN5O2/c1-6-7-23(39)15-40-24-8-9-26(32)25(10-24)29-35-28(27(18(2)3)20(5)34)19(4)30(36-29)38-16-31(17-38)11-22(12-31)37-13-21(33)14-37/h8-10,21-23,34,39H,6-7,11-17H2,1-5H3/t23-/m1/s1. The molecule has 2 saturated heterocycles. The maximum absolute atomic E-state index is 13.4. The second kappa shape index (κ2) is 11.4. The zero-order valence-corrected chi connectivity index (χ0v) is 25.0. The van der Waals surface area contributed by atoms with Gasteiger partial charge in [-0.3, -0.25) is 4.90 Å². The maximum atomic E-state index is 13.4. The lowest BCUT2D eigenvalue weighted by molar-refractivity contribution is -0.0731. The number of aromatic nitrogens is 2. The van der Waals surface area contributed by atoms with E-state index in [2.05, 4.69) is 9.80 Å². The zero-order valence-electron chi connectivity index (χ0n) is 24.2. The van der Waals surface area contributed by atoms with Gasteiger partial charge in [0.15, 0.2) is 5.82 Å². The minimum Gasteiger partial charge on any atom is -0.491 e. The monoisotopic (exact) mass is 569 g/mol. The molecule has 2 aliphatic heterocycles. The summed E-state index contributed by atoms with van der Waals surface area (Å²) in [5.41, 5.74) is 4.90. The van der Waals surface area contributed by atoms with E-state index in [1.54, 1.807) is 19.1 Å². The van der Waals surface area contributed by atoms with Gasteiger partial charge in [-0.05, 0) is 65.2 Å². The quantitative estimate of drug-likeness (QED) is 0.336. The summed E-state index contributed by atoms with van der Waals surface area (Å²) in [6.45, 7) is 13.0. The summed E-state index contributed by atoms with van der Waals surface area (Å²) in [5, 5.41) is 19.1. The van der Waals surface area contributed by atoms with Crippen molar-refractivity contribution in [3.63, 3.8) is 0 Å². The van der Waals surface area contributed by atoms with Crippen LogP contribution in [-0.2, 0) is 0 Å². The number of benzene rings is 1. The molecule has 1 atom stereocenters. The van der Waals surface area contributed by atoms with Gasteiger partial charge in [-0.1, -0.05) is 30.5 Å². The molecule has 1 spiro atoms. The Morgan fingerprint density at radius 1 is 1.23 bits per heavy atom. The van der Waals surface area contributed by atoms with Gasteiger partial charge in [-0.2, -0.15) is 0 Å². The molecule has 0 amide bonds. The van der Waals surface area contributed by atoms with Crippen molar-refractivity contribution >= 4 is 28.7 Å². The highest BCUT2D eigenvalue weighted by molar-refractivity contribution is 6.33. The van der Waals surface area contributed by atoms with Gasteiger partial charge >= 0.3 is 0 Å². The van der Waals surface area contributed by atoms with Crippen molar-refractivity contribution in [3.8, 4) is 17.1 Å². The fourth-order valence-electron chi connectivity index (χ4n) is 6.46. The van der Waals surface area contributed by atoms with Gasteiger partial charge in [-0.25, -0.2) is 14.4 Å². The Labute approximate surface area is 241 Å². The first-order valence-electron chi connectivity index (χ1n) is 14.4. The number of allylic oxidation sites excluding steroid dienone is 2. The summed E-state index contributed by atoms with van der Waals surface area (Å²) >= 11 is 6.69. The first-order valence-corrected chi connectivity index (χ1v) is 14.7. The third-order valence-corrected chi connectivity index (χ3v) is 8.88. The Morgan fingerprint density at radius 3 is 2.52 bits per heavy atom. The molecule has 40 heavy (non-hydrogen) atoms. The average Bonchev–Trinajstić information content (AvgIpc) is 2.82. The predicted octanol–water partition coefficient (Wildman–Crippen LogP) is 6.10. The molecule has 3 heterocycles. The van der Waals surface area contributed by atoms with Crippen LogP contribution in [0.1, 0.15) is 64.6 Å². The lowest BCUT2D eigenvalue weighted by atomic mass is 9.59. The molecular weight excluding hydrogens is 529 g/mol. The Bertz CT molecular complexity index is 1310. The largest absolute Gasteiger partial charge is 0.491 e. The first kappa shape index (κ1) is 29.0. The van der Waals surface area contributed by atoms with Gasteiger partial charge in [0.1, 0.15) is 24.3 Å². The molecule has 1 aromatic carbocycles. The number of aliphatic hydroxyl groups excluding tert-OH is 1. The molecule has 3 fully saturated rings. The third kappa shape index (κ3) is 5.63. The lowest BCUT2D eigenvalue weighted by Crippen LogP contribution is -2.69. The van der Waals surface area contributed by atoms with Crippen LogP contribution < -0.4 is 9.64 Å². The van der Waals surface area contributed by atoms with Crippen LogP contribution in [-0.4, -0.2) is 76.8 Å². The van der Waals surface area contributed by atoms with E-state index in [4.69, 9.17) is 31.7 Å². The van der Waals surface area contributed by atoms with Gasteiger partial charge in [-0.15, -0.1) is 0 Å². The Hall–Kier alpha value is -2.55. The van der Waals surface area contributed by atoms with E-state index in [0.29, 0.717) is 53.4 Å². The molecule has 0 bridgehead atoms. The molecule has 2 N–H and O–H groups in total. The maximum Gasteiger partial charge on any atom is 0.163 e. The van der Waals surface area contributed by atoms with Crippen LogP contribution in [0.4, 0.5) is 10.2 Å². The minimum absolute atomic E-state index is 0.204. The number of nitrogens with zero attached hydrogens (tertiary/aromatic N) is 4. The highest BCUT2D eigenvalue weighted by Gasteiger charge is 2.55. The van der Waals surface area contributed by atoms with E-state index in [-0.39, 0.29) is 12.0 Å². The lowest BCUT2D eigenvalue weighted by Gasteiger charge is -2.63. The van der Waals surface area contributed by atoms with E-state index in [9.17, 15) is 9.50 Å². The van der Waals surface area contributed by atoms with E-state index in [1.807, 2.05) is 33.8 Å². The van der Waals surface area contributed by atoms with Crippen LogP contribution >= 0.6 is 11.6 Å². The Kier molecular flexibility index (Phi) is 8.24. The van der Waals surface area contributed by atoms with E-state index in [1.165, 1.54) is 0 Å². The number of likely N-dealkylation sites (tertiary alicyclic amines) is 1. The number of halogens is 2. The van der Waals surface area contributed by atoms with Gasteiger partial charge in [0, 0.05) is 60.0 Å². The summed E-state index contributed by atoms with van der Waals surface area (Å²) in [5.74, 6) is 1.95. The van der Waals surface area contributed by atoms with Crippen LogP contribution in [0, 0.1) is 17.7 Å². The minimum atomic E-state index is -0.659. The molecule has 0 unspecified atom stereocenters. The molecule has 2 aromatic rings. The van der Waals surface area contributed by atoms with Gasteiger partial charge in [0.2, 0.25) is 0 Å². The van der Waals surface area contributed by atoms with Gasteiger partial charge in [0.05, 0.1) is 16.8 Å². The Morgan fingerprint density at radius 2 is 1.93 bits per heavy atom. The molecule has 7 nitrogen and oxygen atoms in total. The van der Waals surface area contributed by atoms with Crippen molar-refractivity contribution in [3.05, 3.63) is 40.1 Å². The van der Waals surface area contributed by atoms with Crippen LogP contribution in [0.15, 0.2) is 23.8 Å². The molecule has 1 saturated carbocycles. The smallest absolute Gasteiger partial charge is 0.163 e. The predicted molar refractivity (Wildman–Crippen MR) is 159 cm³/mol. The third-order valence-electron chi connectivity index (χ3n) is 8.55. The van der Waals surface area contributed by atoms with Crippen molar-refractivity contribution in [1.29, 1.82) is 5.41 Å². The van der Waals surface area contributed by atoms with Crippen LogP contribution in [0.3, 0.4) is 0 Å². The summed E-state index contributed by atoms with van der Waals surface area (Å²) in [7, 11) is 0. The van der Waals surface area contributed by atoms with Crippen LogP contribution in [0.25, 0.3) is 17.0 Å². The van der Waals surface area contributed by atoms with Crippen LogP contribution in [0.2, 0.25) is 5.02 Å². The first-order chi connectivity index (χ1) is 19.0. The number of nitrogens with one attached hydrogen (secondary N) is 1. The number of anilines is 1. The van der Waals surface area contributed by atoms with E-state index >= 15 is 0 Å². The van der Waals surface area contributed by atoms with E-state index < -0.39 is 12.3 Å². The number of ether oxygens (including phenoxy) is 1. The fraction of sp³-hybridized carbons (Fsp3) is 0.581. The van der Waals surface area contributed by atoms with Crippen molar-refractivity contribution in [1.82, 2.24) is 14.9 Å². The van der Waals surface area contributed by atoms with Crippen molar-refractivity contribution in [2.45, 2.75) is 78.6 Å². The fourth-order valence-corrected chi connectivity index (χ4v) is 6.67. The molecular formula is C31H41ClFN5O2. The normalized spacial score (nSPS) is 19.6. The molecule has 216 valence electrons. The SMILES string of the molecule is CCC[C@@H](O)COc1ccc(Cl)c(-c2nc(C(C(C)=N)=C(C)C)c(C)c(N3CC4(CC(N5CC(F)C5)C4)C3)n2)c1. The number of alkyl halides is 1. The van der Waals surface area contributed by atoms with E-state index in [0.717, 1.165) is 60.6 Å². The van der Waals surface area contributed by atoms with Crippen molar-refractivity contribution in [2.75, 3.05) is 37.7 Å².